The van der Waals surface area contributed by atoms with Crippen molar-refractivity contribution in [3.05, 3.63) is 75.7 Å². The van der Waals surface area contributed by atoms with E-state index in [2.05, 4.69) is 20.7 Å². The standard InChI is InChI=1S/C21H19Cl2N5O2/c1-3-30-17-7-5-4-6-16(17)27-20(29)18-12(2)26-21-24-11-25-28(21)19(18)13-8-9-14(22)15(23)10-13/h4-11,19H,3H2,1-2H3,(H,27,29)(H,24,25,26). The molecule has 1 aliphatic rings. The third kappa shape index (κ3) is 3.74. The van der Waals surface area contributed by atoms with E-state index < -0.39 is 6.04 Å². The molecule has 0 spiro atoms. The molecule has 0 radical (unpaired) electrons. The fourth-order valence-corrected chi connectivity index (χ4v) is 3.72. The number of hydrogen-bond acceptors (Lipinski definition) is 5. The molecule has 2 heterocycles. The molecule has 1 aliphatic heterocycles. The van der Waals surface area contributed by atoms with Gasteiger partial charge in [-0.05, 0) is 43.7 Å². The molecule has 0 saturated carbocycles. The molecule has 1 amide bonds. The van der Waals surface area contributed by atoms with Gasteiger partial charge in [0.25, 0.3) is 5.91 Å². The fourth-order valence-electron chi connectivity index (χ4n) is 3.42. The number of anilines is 2. The van der Waals surface area contributed by atoms with Crippen molar-refractivity contribution < 1.29 is 9.53 Å². The van der Waals surface area contributed by atoms with E-state index in [4.69, 9.17) is 27.9 Å². The Balaban J connectivity index is 1.76. The van der Waals surface area contributed by atoms with E-state index in [9.17, 15) is 4.79 Å². The summed E-state index contributed by atoms with van der Waals surface area (Å²) < 4.78 is 7.28. The van der Waals surface area contributed by atoms with E-state index >= 15 is 0 Å². The number of rotatable bonds is 5. The van der Waals surface area contributed by atoms with Gasteiger partial charge in [0, 0.05) is 5.70 Å². The average Bonchev–Trinajstić information content (AvgIpc) is 3.18. The monoisotopic (exact) mass is 443 g/mol. The lowest BCUT2D eigenvalue weighted by Crippen LogP contribution is -2.31. The number of benzene rings is 2. The molecular formula is C21H19Cl2N5O2. The molecule has 154 valence electrons. The Bertz CT molecular complexity index is 1140. The first-order chi connectivity index (χ1) is 14.5. The molecular weight excluding hydrogens is 425 g/mol. The fraction of sp³-hybridized carbons (Fsp3) is 0.190. The second kappa shape index (κ2) is 8.38. The Morgan fingerprint density at radius 2 is 2.03 bits per heavy atom. The maximum atomic E-state index is 13.4. The zero-order valence-corrected chi connectivity index (χ0v) is 17.8. The molecule has 30 heavy (non-hydrogen) atoms. The van der Waals surface area contributed by atoms with Crippen molar-refractivity contribution in [3.8, 4) is 5.75 Å². The Morgan fingerprint density at radius 1 is 1.23 bits per heavy atom. The normalized spacial score (nSPS) is 15.4. The number of nitrogens with zero attached hydrogens (tertiary/aromatic N) is 3. The maximum Gasteiger partial charge on any atom is 0.255 e. The largest absolute Gasteiger partial charge is 0.492 e. The number of carbonyl (C=O) groups is 1. The average molecular weight is 444 g/mol. The second-order valence-corrected chi connectivity index (χ2v) is 7.47. The minimum absolute atomic E-state index is 0.288. The van der Waals surface area contributed by atoms with Crippen LogP contribution in [-0.2, 0) is 4.79 Å². The molecule has 1 unspecified atom stereocenters. The SMILES string of the molecule is CCOc1ccccc1NC(=O)C1=C(C)Nc2ncnn2C1c1ccc(Cl)c(Cl)c1. The van der Waals surface area contributed by atoms with Crippen molar-refractivity contribution in [3.63, 3.8) is 0 Å². The summed E-state index contributed by atoms with van der Waals surface area (Å²) >= 11 is 12.4. The van der Waals surface area contributed by atoms with Gasteiger partial charge in [-0.3, -0.25) is 4.79 Å². The summed E-state index contributed by atoms with van der Waals surface area (Å²) in [5, 5.41) is 11.3. The highest BCUT2D eigenvalue weighted by atomic mass is 35.5. The number of ether oxygens (including phenoxy) is 1. The summed E-state index contributed by atoms with van der Waals surface area (Å²) in [5.74, 6) is 0.849. The van der Waals surface area contributed by atoms with Crippen molar-refractivity contribution in [1.82, 2.24) is 14.8 Å². The number of halogens is 2. The van der Waals surface area contributed by atoms with Gasteiger partial charge >= 0.3 is 0 Å². The Labute approximate surface area is 183 Å². The highest BCUT2D eigenvalue weighted by molar-refractivity contribution is 6.42. The number of aromatic nitrogens is 3. The molecule has 1 atom stereocenters. The van der Waals surface area contributed by atoms with Crippen LogP contribution >= 0.6 is 23.2 Å². The van der Waals surface area contributed by atoms with Gasteiger partial charge in [0.05, 0.1) is 27.9 Å². The van der Waals surface area contributed by atoms with Gasteiger partial charge in [-0.25, -0.2) is 4.68 Å². The number of carbonyl (C=O) groups excluding carboxylic acids is 1. The van der Waals surface area contributed by atoms with Crippen LogP contribution in [0.2, 0.25) is 10.0 Å². The number of nitrogens with one attached hydrogen (secondary N) is 2. The van der Waals surface area contributed by atoms with E-state index in [0.717, 1.165) is 5.56 Å². The molecule has 0 bridgehead atoms. The van der Waals surface area contributed by atoms with Crippen molar-refractivity contribution >= 4 is 40.7 Å². The quantitative estimate of drug-likeness (QED) is 0.585. The second-order valence-electron chi connectivity index (χ2n) is 6.65. The van der Waals surface area contributed by atoms with Crippen LogP contribution in [0.5, 0.6) is 5.75 Å². The Morgan fingerprint density at radius 3 is 2.80 bits per heavy atom. The first-order valence-electron chi connectivity index (χ1n) is 9.35. The molecule has 2 N–H and O–H groups in total. The van der Waals surface area contributed by atoms with Gasteiger partial charge in [-0.15, -0.1) is 0 Å². The third-order valence-electron chi connectivity index (χ3n) is 4.73. The number of hydrogen-bond donors (Lipinski definition) is 2. The van der Waals surface area contributed by atoms with E-state index in [1.165, 1.54) is 6.33 Å². The smallest absolute Gasteiger partial charge is 0.255 e. The lowest BCUT2D eigenvalue weighted by atomic mass is 9.95. The topological polar surface area (TPSA) is 81.1 Å². The molecule has 3 aromatic rings. The third-order valence-corrected chi connectivity index (χ3v) is 5.47. The molecule has 4 rings (SSSR count). The van der Waals surface area contributed by atoms with Gasteiger partial charge in [0.2, 0.25) is 5.95 Å². The molecule has 0 fully saturated rings. The van der Waals surface area contributed by atoms with E-state index in [1.807, 2.05) is 38.1 Å². The van der Waals surface area contributed by atoms with Gasteiger partial charge < -0.3 is 15.4 Å². The first kappa shape index (κ1) is 20.3. The van der Waals surface area contributed by atoms with Gasteiger partial charge in [0.1, 0.15) is 18.1 Å². The van der Waals surface area contributed by atoms with Gasteiger partial charge in [-0.2, -0.15) is 10.1 Å². The van der Waals surface area contributed by atoms with Crippen LogP contribution < -0.4 is 15.4 Å². The highest BCUT2D eigenvalue weighted by Crippen LogP contribution is 2.37. The first-order valence-corrected chi connectivity index (χ1v) is 10.1. The minimum atomic E-state index is -0.530. The predicted octanol–water partition coefficient (Wildman–Crippen LogP) is 4.91. The van der Waals surface area contributed by atoms with Crippen LogP contribution in [0, 0.1) is 0 Å². The summed E-state index contributed by atoms with van der Waals surface area (Å²) in [6, 6.07) is 12.0. The van der Waals surface area contributed by atoms with Crippen LogP contribution in [-0.4, -0.2) is 27.3 Å². The zero-order chi connectivity index (χ0) is 21.3. The number of para-hydroxylation sites is 2. The summed E-state index contributed by atoms with van der Waals surface area (Å²) in [5.41, 5.74) is 2.50. The van der Waals surface area contributed by atoms with Crippen LogP contribution in [0.4, 0.5) is 11.6 Å². The highest BCUT2D eigenvalue weighted by Gasteiger charge is 2.34. The number of amides is 1. The molecule has 7 nitrogen and oxygen atoms in total. The van der Waals surface area contributed by atoms with Gasteiger partial charge in [-0.1, -0.05) is 41.4 Å². The summed E-state index contributed by atoms with van der Waals surface area (Å²) in [7, 11) is 0. The van der Waals surface area contributed by atoms with Crippen LogP contribution in [0.1, 0.15) is 25.5 Å². The lowest BCUT2D eigenvalue weighted by Gasteiger charge is -2.29. The summed E-state index contributed by atoms with van der Waals surface area (Å²) in [6.45, 7) is 4.21. The van der Waals surface area contributed by atoms with Crippen LogP contribution in [0.3, 0.4) is 0 Å². The number of fused-ring (bicyclic) bond motifs is 1. The minimum Gasteiger partial charge on any atom is -0.492 e. The van der Waals surface area contributed by atoms with E-state index in [0.29, 0.717) is 45.3 Å². The summed E-state index contributed by atoms with van der Waals surface area (Å²) in [4.78, 5) is 17.7. The lowest BCUT2D eigenvalue weighted by molar-refractivity contribution is -0.113. The molecule has 0 saturated heterocycles. The maximum absolute atomic E-state index is 13.4. The van der Waals surface area contributed by atoms with Crippen molar-refractivity contribution in [2.24, 2.45) is 0 Å². The van der Waals surface area contributed by atoms with Crippen molar-refractivity contribution in [2.75, 3.05) is 17.2 Å². The van der Waals surface area contributed by atoms with E-state index in [-0.39, 0.29) is 5.91 Å². The van der Waals surface area contributed by atoms with Crippen LogP contribution in [0.25, 0.3) is 0 Å². The molecule has 1 aromatic heterocycles. The van der Waals surface area contributed by atoms with Crippen molar-refractivity contribution in [1.29, 1.82) is 0 Å². The molecule has 2 aromatic carbocycles. The number of allylic oxidation sites excluding steroid dienone is 1. The predicted molar refractivity (Wildman–Crippen MR) is 117 cm³/mol. The molecule has 9 heteroatoms. The van der Waals surface area contributed by atoms with E-state index in [1.54, 1.807) is 22.9 Å². The molecule has 0 aliphatic carbocycles. The summed E-state index contributed by atoms with van der Waals surface area (Å²) in [6.07, 6.45) is 1.44. The Hall–Kier alpha value is -3.03. The van der Waals surface area contributed by atoms with Crippen molar-refractivity contribution in [2.45, 2.75) is 19.9 Å². The van der Waals surface area contributed by atoms with Gasteiger partial charge in [0.15, 0.2) is 0 Å². The Kier molecular flexibility index (Phi) is 5.65. The van der Waals surface area contributed by atoms with Crippen LogP contribution in [0.15, 0.2) is 60.1 Å². The zero-order valence-electron chi connectivity index (χ0n) is 16.3.